The van der Waals surface area contributed by atoms with Gasteiger partial charge in [0.05, 0.1) is 5.02 Å². The largest absolute Gasteiger partial charge is 0.289 e. The maximum atomic E-state index is 12.5. The number of hydrogen-bond acceptors (Lipinski definition) is 1. The minimum atomic E-state index is 0.0109. The van der Waals surface area contributed by atoms with Crippen molar-refractivity contribution in [1.82, 2.24) is 0 Å². The number of carbonyl (C=O) groups excluding carboxylic acids is 1. The predicted octanol–water partition coefficient (Wildman–Crippen LogP) is 5.46. The molecule has 0 radical (unpaired) electrons. The van der Waals surface area contributed by atoms with E-state index in [9.17, 15) is 4.79 Å². The molecule has 104 valence electrons. The Kier molecular flexibility index (Phi) is 5.00. The topological polar surface area (TPSA) is 17.1 Å². The Hall–Kier alpha value is -1.12. The van der Waals surface area contributed by atoms with E-state index in [0.29, 0.717) is 10.6 Å². The van der Waals surface area contributed by atoms with Gasteiger partial charge in [0, 0.05) is 15.6 Å². The van der Waals surface area contributed by atoms with E-state index in [1.807, 2.05) is 18.2 Å². The van der Waals surface area contributed by atoms with Crippen molar-refractivity contribution in [3.8, 4) is 0 Å². The fourth-order valence-electron chi connectivity index (χ4n) is 2.25. The van der Waals surface area contributed by atoms with Crippen LogP contribution in [0.15, 0.2) is 40.9 Å². The zero-order valence-electron chi connectivity index (χ0n) is 11.5. The van der Waals surface area contributed by atoms with Gasteiger partial charge >= 0.3 is 0 Å². The van der Waals surface area contributed by atoms with Gasteiger partial charge in [-0.05, 0) is 64.2 Å². The van der Waals surface area contributed by atoms with Gasteiger partial charge in [-0.25, -0.2) is 0 Å². The summed E-state index contributed by atoms with van der Waals surface area (Å²) in [6.07, 6.45) is 1.92. The third-order valence-corrected chi connectivity index (χ3v) is 4.64. The third-order valence-electron chi connectivity index (χ3n) is 3.41. The summed E-state index contributed by atoms with van der Waals surface area (Å²) in [5.74, 6) is 0.0109. The van der Waals surface area contributed by atoms with Gasteiger partial charge in [0.15, 0.2) is 5.78 Å². The molecule has 2 rings (SSSR count). The van der Waals surface area contributed by atoms with Crippen LogP contribution in [0, 0.1) is 0 Å². The fraction of sp³-hybridized carbons (Fsp3) is 0.235. The summed E-state index contributed by atoms with van der Waals surface area (Å²) >= 11 is 9.39. The van der Waals surface area contributed by atoms with E-state index in [1.165, 1.54) is 11.1 Å². The van der Waals surface area contributed by atoms with Gasteiger partial charge in [-0.1, -0.05) is 37.6 Å². The van der Waals surface area contributed by atoms with E-state index in [0.717, 1.165) is 22.9 Å². The number of rotatable bonds is 4. The van der Waals surface area contributed by atoms with Gasteiger partial charge < -0.3 is 0 Å². The molecule has 0 amide bonds. The molecule has 0 saturated heterocycles. The van der Waals surface area contributed by atoms with E-state index < -0.39 is 0 Å². The molecule has 0 bridgehead atoms. The molecule has 0 aliphatic rings. The quantitative estimate of drug-likeness (QED) is 0.669. The van der Waals surface area contributed by atoms with Crippen molar-refractivity contribution < 1.29 is 4.79 Å². The first-order valence-electron chi connectivity index (χ1n) is 6.68. The normalized spacial score (nSPS) is 10.6. The Balaban J connectivity index is 2.40. The second kappa shape index (κ2) is 6.55. The lowest BCUT2D eigenvalue weighted by Gasteiger charge is -2.09. The lowest BCUT2D eigenvalue weighted by atomic mass is 9.96. The van der Waals surface area contributed by atoms with Gasteiger partial charge in [-0.3, -0.25) is 4.79 Å². The SMILES string of the molecule is CCc1ccc(C(=O)c2ccc(Br)c(Cl)c2)cc1CC. The molecule has 2 aromatic carbocycles. The predicted molar refractivity (Wildman–Crippen MR) is 87.8 cm³/mol. The standard InChI is InChI=1S/C17H16BrClO/c1-3-11-5-6-13(9-12(11)4-2)17(20)14-7-8-15(18)16(19)10-14/h5-10H,3-4H2,1-2H3. The summed E-state index contributed by atoms with van der Waals surface area (Å²) in [6, 6.07) is 11.2. The Morgan fingerprint density at radius 1 is 1.00 bits per heavy atom. The van der Waals surface area contributed by atoms with Gasteiger partial charge in [-0.2, -0.15) is 0 Å². The van der Waals surface area contributed by atoms with Crippen LogP contribution >= 0.6 is 27.5 Å². The highest BCUT2D eigenvalue weighted by Crippen LogP contribution is 2.25. The zero-order chi connectivity index (χ0) is 14.7. The summed E-state index contributed by atoms with van der Waals surface area (Å²) in [5.41, 5.74) is 3.88. The second-order valence-corrected chi connectivity index (χ2v) is 5.91. The number of aryl methyl sites for hydroxylation is 2. The first-order valence-corrected chi connectivity index (χ1v) is 7.85. The summed E-state index contributed by atoms with van der Waals surface area (Å²) in [5, 5.41) is 0.553. The van der Waals surface area contributed by atoms with Crippen molar-refractivity contribution in [2.75, 3.05) is 0 Å². The van der Waals surface area contributed by atoms with Gasteiger partial charge in [0.2, 0.25) is 0 Å². The van der Waals surface area contributed by atoms with Crippen LogP contribution in [0.5, 0.6) is 0 Å². The molecule has 3 heteroatoms. The van der Waals surface area contributed by atoms with Crippen molar-refractivity contribution in [3.63, 3.8) is 0 Å². The first-order chi connectivity index (χ1) is 9.56. The van der Waals surface area contributed by atoms with Crippen LogP contribution in [0.25, 0.3) is 0 Å². The van der Waals surface area contributed by atoms with Crippen LogP contribution in [-0.2, 0) is 12.8 Å². The minimum absolute atomic E-state index is 0.0109. The van der Waals surface area contributed by atoms with Crippen molar-refractivity contribution in [3.05, 3.63) is 68.1 Å². The Bertz CT molecular complexity index is 649. The Morgan fingerprint density at radius 2 is 1.60 bits per heavy atom. The average molecular weight is 352 g/mol. The molecular formula is C17H16BrClO. The molecule has 0 atom stereocenters. The first kappa shape index (κ1) is 15.3. The summed E-state index contributed by atoms with van der Waals surface area (Å²) in [4.78, 5) is 12.5. The monoisotopic (exact) mass is 350 g/mol. The molecule has 0 unspecified atom stereocenters. The Labute approximate surface area is 133 Å². The molecule has 0 aliphatic carbocycles. The maximum absolute atomic E-state index is 12.5. The lowest BCUT2D eigenvalue weighted by molar-refractivity contribution is 0.103. The van der Waals surface area contributed by atoms with Crippen molar-refractivity contribution in [1.29, 1.82) is 0 Å². The van der Waals surface area contributed by atoms with Crippen LogP contribution in [0.4, 0.5) is 0 Å². The van der Waals surface area contributed by atoms with Crippen molar-refractivity contribution in [2.24, 2.45) is 0 Å². The van der Waals surface area contributed by atoms with Crippen LogP contribution in [0.3, 0.4) is 0 Å². The molecule has 2 aromatic rings. The van der Waals surface area contributed by atoms with Crippen molar-refractivity contribution >= 4 is 33.3 Å². The number of ketones is 1. The molecule has 1 nitrogen and oxygen atoms in total. The molecule has 20 heavy (non-hydrogen) atoms. The average Bonchev–Trinajstić information content (AvgIpc) is 2.48. The molecule has 0 aromatic heterocycles. The van der Waals surface area contributed by atoms with E-state index in [1.54, 1.807) is 18.2 Å². The van der Waals surface area contributed by atoms with Crippen LogP contribution in [0.2, 0.25) is 5.02 Å². The van der Waals surface area contributed by atoms with E-state index in [-0.39, 0.29) is 5.78 Å². The van der Waals surface area contributed by atoms with Crippen LogP contribution < -0.4 is 0 Å². The third kappa shape index (κ3) is 3.13. The van der Waals surface area contributed by atoms with Crippen molar-refractivity contribution in [2.45, 2.75) is 26.7 Å². The Morgan fingerprint density at radius 3 is 2.20 bits per heavy atom. The maximum Gasteiger partial charge on any atom is 0.193 e. The number of hydrogen-bond donors (Lipinski definition) is 0. The number of benzene rings is 2. The van der Waals surface area contributed by atoms with Gasteiger partial charge in [-0.15, -0.1) is 0 Å². The van der Waals surface area contributed by atoms with Gasteiger partial charge in [0.1, 0.15) is 0 Å². The molecule has 0 spiro atoms. The van der Waals surface area contributed by atoms with E-state index in [2.05, 4.69) is 29.8 Å². The summed E-state index contributed by atoms with van der Waals surface area (Å²) in [7, 11) is 0. The molecular weight excluding hydrogens is 336 g/mol. The minimum Gasteiger partial charge on any atom is -0.289 e. The van der Waals surface area contributed by atoms with Crippen LogP contribution in [0.1, 0.15) is 40.9 Å². The summed E-state index contributed by atoms with van der Waals surface area (Å²) in [6.45, 7) is 4.24. The summed E-state index contributed by atoms with van der Waals surface area (Å²) < 4.78 is 0.797. The van der Waals surface area contributed by atoms with Gasteiger partial charge in [0.25, 0.3) is 0 Å². The lowest BCUT2D eigenvalue weighted by Crippen LogP contribution is -2.03. The fourth-order valence-corrected chi connectivity index (χ4v) is 2.67. The number of carbonyl (C=O) groups is 1. The van der Waals surface area contributed by atoms with E-state index >= 15 is 0 Å². The molecule has 0 heterocycles. The second-order valence-electron chi connectivity index (χ2n) is 4.65. The molecule has 0 aliphatic heterocycles. The molecule has 0 N–H and O–H groups in total. The highest BCUT2D eigenvalue weighted by atomic mass is 79.9. The van der Waals surface area contributed by atoms with Crippen LogP contribution in [-0.4, -0.2) is 5.78 Å². The molecule has 0 fully saturated rings. The zero-order valence-corrected chi connectivity index (χ0v) is 13.9. The van der Waals surface area contributed by atoms with E-state index in [4.69, 9.17) is 11.6 Å². The highest BCUT2D eigenvalue weighted by Gasteiger charge is 2.12. The molecule has 0 saturated carbocycles. The number of halogens is 2. The highest BCUT2D eigenvalue weighted by molar-refractivity contribution is 9.10. The smallest absolute Gasteiger partial charge is 0.193 e.